The molecule has 0 fully saturated rings. The largest absolute Gasteiger partial charge is 0.290 e. The molecular formula is C13H11FN4OS. The smallest absolute Gasteiger partial charge is 0.266 e. The number of nitrogens with zero attached hydrogens (tertiary/aromatic N) is 3. The van der Waals surface area contributed by atoms with Crippen LogP contribution in [0.5, 0.6) is 0 Å². The fourth-order valence-electron chi connectivity index (χ4n) is 1.88. The zero-order valence-corrected chi connectivity index (χ0v) is 11.4. The van der Waals surface area contributed by atoms with Crippen molar-refractivity contribution in [2.45, 2.75) is 12.1 Å². The maximum Gasteiger partial charge on any atom is 0.290 e. The average molecular weight is 290 g/mol. The topological polar surface area (TPSA) is 63.0 Å². The predicted octanol–water partition coefficient (Wildman–Crippen LogP) is 2.34. The molecule has 0 spiro atoms. The molecule has 0 bridgehead atoms. The summed E-state index contributed by atoms with van der Waals surface area (Å²) in [6.07, 6.45) is 0. The van der Waals surface area contributed by atoms with Gasteiger partial charge >= 0.3 is 0 Å². The molecule has 0 unspecified atom stereocenters. The van der Waals surface area contributed by atoms with E-state index in [1.165, 1.54) is 28.4 Å². The molecule has 3 aromatic rings. The lowest BCUT2D eigenvalue weighted by molar-refractivity contribution is 0.628. The van der Waals surface area contributed by atoms with Crippen LogP contribution >= 0.6 is 11.8 Å². The minimum Gasteiger partial charge on any atom is -0.266 e. The van der Waals surface area contributed by atoms with Gasteiger partial charge in [-0.1, -0.05) is 18.7 Å². The van der Waals surface area contributed by atoms with Crippen molar-refractivity contribution in [3.63, 3.8) is 0 Å². The summed E-state index contributed by atoms with van der Waals surface area (Å²) in [4.78, 5) is 11.8. The molecule has 1 aromatic carbocycles. The van der Waals surface area contributed by atoms with Gasteiger partial charge in [-0.25, -0.2) is 14.0 Å². The van der Waals surface area contributed by atoms with E-state index in [1.807, 2.05) is 6.92 Å². The number of rotatable bonds is 3. The highest BCUT2D eigenvalue weighted by atomic mass is 32.2. The van der Waals surface area contributed by atoms with Crippen LogP contribution in [0.15, 0.2) is 40.3 Å². The highest BCUT2D eigenvalue weighted by molar-refractivity contribution is 7.99. The third-order valence-electron chi connectivity index (χ3n) is 2.79. The minimum absolute atomic E-state index is 0.300. The summed E-state index contributed by atoms with van der Waals surface area (Å²) in [5.41, 5.74) is 1.49. The standard InChI is InChI=1S/C13H11FN4OS/c1-2-20-13-16-15-12(19)11-7-10(17-18(11)13)8-3-5-9(14)6-4-8/h3-7H,2H2,1H3,(H,15,19). The Morgan fingerprint density at radius 1 is 1.35 bits per heavy atom. The lowest BCUT2D eigenvalue weighted by Crippen LogP contribution is -2.13. The maximum atomic E-state index is 12.9. The Labute approximate surface area is 117 Å². The van der Waals surface area contributed by atoms with E-state index in [2.05, 4.69) is 15.3 Å². The van der Waals surface area contributed by atoms with Crippen LogP contribution in [0.2, 0.25) is 0 Å². The molecule has 1 N–H and O–H groups in total. The van der Waals surface area contributed by atoms with Crippen LogP contribution < -0.4 is 5.56 Å². The Bertz CT molecular complexity index is 809. The van der Waals surface area contributed by atoms with Crippen LogP contribution in [-0.4, -0.2) is 25.6 Å². The molecule has 7 heteroatoms. The fraction of sp³-hybridized carbons (Fsp3) is 0.154. The van der Waals surface area contributed by atoms with Gasteiger partial charge in [0.2, 0.25) is 5.16 Å². The number of halogens is 1. The second-order valence-electron chi connectivity index (χ2n) is 4.10. The normalized spacial score (nSPS) is 11.1. The summed E-state index contributed by atoms with van der Waals surface area (Å²) >= 11 is 1.48. The summed E-state index contributed by atoms with van der Waals surface area (Å²) in [7, 11) is 0. The van der Waals surface area contributed by atoms with Crippen LogP contribution in [0.3, 0.4) is 0 Å². The number of aromatic nitrogens is 4. The number of nitrogens with one attached hydrogen (secondary N) is 1. The van der Waals surface area contributed by atoms with E-state index < -0.39 is 0 Å². The highest BCUT2D eigenvalue weighted by Crippen LogP contribution is 2.21. The van der Waals surface area contributed by atoms with E-state index in [0.717, 1.165) is 11.3 Å². The first-order valence-corrected chi connectivity index (χ1v) is 7.05. The molecule has 0 aliphatic carbocycles. The third-order valence-corrected chi connectivity index (χ3v) is 3.60. The summed E-state index contributed by atoms with van der Waals surface area (Å²) in [5.74, 6) is 0.513. The van der Waals surface area contributed by atoms with Crippen molar-refractivity contribution in [2.24, 2.45) is 0 Å². The molecule has 0 aliphatic heterocycles. The van der Waals surface area contributed by atoms with Gasteiger partial charge in [-0.15, -0.1) is 5.10 Å². The number of thioether (sulfide) groups is 1. The number of benzene rings is 1. The van der Waals surface area contributed by atoms with Gasteiger partial charge in [0.05, 0.1) is 5.69 Å². The number of fused-ring (bicyclic) bond motifs is 1. The molecule has 3 rings (SSSR count). The van der Waals surface area contributed by atoms with Crippen LogP contribution in [0.25, 0.3) is 16.8 Å². The fourth-order valence-corrected chi connectivity index (χ4v) is 2.51. The molecule has 102 valence electrons. The van der Waals surface area contributed by atoms with Crippen molar-refractivity contribution >= 4 is 17.3 Å². The molecule has 0 atom stereocenters. The van der Waals surface area contributed by atoms with E-state index in [0.29, 0.717) is 16.4 Å². The molecule has 2 heterocycles. The molecule has 0 saturated heterocycles. The number of H-pyrrole nitrogens is 1. The average Bonchev–Trinajstić information content (AvgIpc) is 2.89. The van der Waals surface area contributed by atoms with Gasteiger partial charge in [-0.3, -0.25) is 4.79 Å². The molecule has 2 aromatic heterocycles. The molecule has 5 nitrogen and oxygen atoms in total. The van der Waals surface area contributed by atoms with E-state index in [9.17, 15) is 9.18 Å². The van der Waals surface area contributed by atoms with Gasteiger partial charge < -0.3 is 0 Å². The van der Waals surface area contributed by atoms with Crippen LogP contribution in [0.4, 0.5) is 4.39 Å². The van der Waals surface area contributed by atoms with E-state index in [-0.39, 0.29) is 11.4 Å². The maximum absolute atomic E-state index is 12.9. The second-order valence-corrected chi connectivity index (χ2v) is 5.33. The summed E-state index contributed by atoms with van der Waals surface area (Å²) in [6.45, 7) is 1.99. The SMILES string of the molecule is CCSc1n[nH]c(=O)c2cc(-c3ccc(F)cc3)nn12. The molecule has 0 saturated carbocycles. The van der Waals surface area contributed by atoms with E-state index in [1.54, 1.807) is 18.2 Å². The predicted molar refractivity (Wildman–Crippen MR) is 75.4 cm³/mol. The van der Waals surface area contributed by atoms with Gasteiger partial charge in [-0.2, -0.15) is 5.10 Å². The van der Waals surface area contributed by atoms with Crippen molar-refractivity contribution in [2.75, 3.05) is 5.75 Å². The van der Waals surface area contributed by atoms with Crippen LogP contribution in [0.1, 0.15) is 6.92 Å². The van der Waals surface area contributed by atoms with E-state index >= 15 is 0 Å². The zero-order valence-electron chi connectivity index (χ0n) is 10.6. The third kappa shape index (κ3) is 2.20. The lowest BCUT2D eigenvalue weighted by atomic mass is 10.1. The quantitative estimate of drug-likeness (QED) is 0.752. The van der Waals surface area contributed by atoms with Gasteiger partial charge in [0.1, 0.15) is 11.3 Å². The summed E-state index contributed by atoms with van der Waals surface area (Å²) < 4.78 is 14.5. The van der Waals surface area contributed by atoms with Gasteiger partial charge in [0.25, 0.3) is 5.56 Å². The number of aromatic amines is 1. The van der Waals surface area contributed by atoms with Crippen molar-refractivity contribution < 1.29 is 4.39 Å². The Morgan fingerprint density at radius 3 is 2.80 bits per heavy atom. The van der Waals surface area contributed by atoms with Crippen LogP contribution in [0, 0.1) is 5.82 Å². The summed E-state index contributed by atoms with van der Waals surface area (Å²) in [6, 6.07) is 7.66. The van der Waals surface area contributed by atoms with Crippen molar-refractivity contribution in [3.05, 3.63) is 46.5 Å². The van der Waals surface area contributed by atoms with Crippen LogP contribution in [-0.2, 0) is 0 Å². The van der Waals surface area contributed by atoms with Gasteiger partial charge in [0, 0.05) is 5.56 Å². The molecule has 0 aliphatic rings. The van der Waals surface area contributed by atoms with Crippen molar-refractivity contribution in [1.29, 1.82) is 0 Å². The zero-order chi connectivity index (χ0) is 14.1. The minimum atomic E-state index is -0.306. The molecule has 0 amide bonds. The lowest BCUT2D eigenvalue weighted by Gasteiger charge is -1.99. The Balaban J connectivity index is 2.19. The second kappa shape index (κ2) is 5.09. The Kier molecular flexibility index (Phi) is 3.27. The van der Waals surface area contributed by atoms with Gasteiger partial charge in [-0.05, 0) is 36.1 Å². The monoisotopic (exact) mass is 290 g/mol. The first-order valence-electron chi connectivity index (χ1n) is 6.06. The Hall–Kier alpha value is -2.15. The van der Waals surface area contributed by atoms with Gasteiger partial charge in [0.15, 0.2) is 0 Å². The van der Waals surface area contributed by atoms with Crippen molar-refractivity contribution in [3.8, 4) is 11.3 Å². The van der Waals surface area contributed by atoms with Crippen molar-refractivity contribution in [1.82, 2.24) is 19.8 Å². The number of hydrogen-bond donors (Lipinski definition) is 1. The first kappa shape index (κ1) is 12.9. The van der Waals surface area contributed by atoms with E-state index in [4.69, 9.17) is 0 Å². The summed E-state index contributed by atoms with van der Waals surface area (Å²) in [5, 5.41) is 11.4. The Morgan fingerprint density at radius 2 is 2.10 bits per heavy atom. The molecule has 20 heavy (non-hydrogen) atoms. The first-order chi connectivity index (χ1) is 9.69. The molecule has 0 radical (unpaired) electrons. The highest BCUT2D eigenvalue weighted by Gasteiger charge is 2.11. The number of hydrogen-bond acceptors (Lipinski definition) is 4. The molecular weight excluding hydrogens is 279 g/mol.